The molecule has 17 heavy (non-hydrogen) atoms. The third-order valence-corrected chi connectivity index (χ3v) is 1.92. The molecule has 1 aromatic rings. The number of alkyl halides is 8. The van der Waals surface area contributed by atoms with Crippen molar-refractivity contribution in [2.45, 2.75) is 18.8 Å². The van der Waals surface area contributed by atoms with E-state index in [0.717, 1.165) is 0 Å². The molecule has 1 rings (SSSR count). The highest BCUT2D eigenvalue weighted by Crippen LogP contribution is 2.39. The van der Waals surface area contributed by atoms with E-state index in [-0.39, 0.29) is 18.2 Å². The summed E-state index contributed by atoms with van der Waals surface area (Å²) in [5, 5.41) is 0. The van der Waals surface area contributed by atoms with Gasteiger partial charge in [0, 0.05) is 5.56 Å². The predicted molar refractivity (Wildman–Crippen MR) is 41.4 cm³/mol. The van der Waals surface area contributed by atoms with Gasteiger partial charge in [-0.15, -0.1) is 0 Å². The van der Waals surface area contributed by atoms with Crippen molar-refractivity contribution in [2.24, 2.45) is 0 Å². The van der Waals surface area contributed by atoms with Crippen LogP contribution < -0.4 is 0 Å². The zero-order valence-corrected chi connectivity index (χ0v) is 7.83. The molecule has 0 radical (unpaired) electrons. The van der Waals surface area contributed by atoms with Crippen LogP contribution in [0, 0.1) is 0 Å². The molecule has 0 saturated carbocycles. The Morgan fingerprint density at radius 2 is 1.35 bits per heavy atom. The van der Waals surface area contributed by atoms with Gasteiger partial charge in [-0.2, -0.15) is 26.3 Å². The largest absolute Gasteiger partial charge is 0.416 e. The third-order valence-electron chi connectivity index (χ3n) is 1.92. The maximum absolute atomic E-state index is 12.3. The van der Waals surface area contributed by atoms with Gasteiger partial charge in [0.25, 0.3) is 6.43 Å². The second kappa shape index (κ2) is 4.15. The van der Waals surface area contributed by atoms with Gasteiger partial charge in [0.1, 0.15) is 0 Å². The molecular formula is C9H4F8. The van der Waals surface area contributed by atoms with E-state index in [0.29, 0.717) is 0 Å². The first kappa shape index (κ1) is 13.7. The Morgan fingerprint density at radius 1 is 0.824 bits per heavy atom. The van der Waals surface area contributed by atoms with Gasteiger partial charge >= 0.3 is 12.4 Å². The Morgan fingerprint density at radius 3 is 1.71 bits per heavy atom. The molecule has 0 spiro atoms. The average Bonchev–Trinajstić information content (AvgIpc) is 2.14. The van der Waals surface area contributed by atoms with E-state index in [1.54, 1.807) is 0 Å². The normalized spacial score (nSPS) is 13.2. The standard InChI is InChI=1S/C9H4F8/c10-7(11)5-2-1-4(8(12,13)14)3-6(5)9(15,16)17/h1-3,7H. The number of hydrogen-bond donors (Lipinski definition) is 0. The molecule has 0 atom stereocenters. The van der Waals surface area contributed by atoms with Crippen molar-refractivity contribution < 1.29 is 35.1 Å². The lowest BCUT2D eigenvalue weighted by molar-refractivity contribution is -0.144. The van der Waals surface area contributed by atoms with E-state index in [2.05, 4.69) is 0 Å². The number of hydrogen-bond acceptors (Lipinski definition) is 0. The molecule has 0 heterocycles. The third kappa shape index (κ3) is 3.07. The molecule has 0 fully saturated rings. The molecule has 0 aliphatic heterocycles. The maximum Gasteiger partial charge on any atom is 0.416 e. The molecule has 0 aliphatic carbocycles. The van der Waals surface area contributed by atoms with Crippen LogP contribution in [-0.2, 0) is 12.4 Å². The molecular weight excluding hydrogens is 260 g/mol. The molecule has 1 aromatic carbocycles. The molecule has 0 aromatic heterocycles. The summed E-state index contributed by atoms with van der Waals surface area (Å²) in [6, 6.07) is 0.00847. The summed E-state index contributed by atoms with van der Waals surface area (Å²) in [4.78, 5) is 0. The number of halogens is 8. The summed E-state index contributed by atoms with van der Waals surface area (Å²) in [6.07, 6.45) is -13.8. The van der Waals surface area contributed by atoms with Crippen LogP contribution in [0.2, 0.25) is 0 Å². The summed E-state index contributed by atoms with van der Waals surface area (Å²) >= 11 is 0. The Kier molecular flexibility index (Phi) is 3.35. The van der Waals surface area contributed by atoms with Crippen LogP contribution in [0.15, 0.2) is 18.2 Å². The molecule has 0 aliphatic rings. The van der Waals surface area contributed by atoms with Crippen molar-refractivity contribution in [2.75, 3.05) is 0 Å². The molecule has 0 saturated heterocycles. The Bertz CT molecular complexity index is 400. The zero-order chi connectivity index (χ0) is 13.4. The summed E-state index contributed by atoms with van der Waals surface area (Å²) < 4.78 is 97.6. The second-order valence-corrected chi connectivity index (χ2v) is 3.10. The minimum atomic E-state index is -5.26. The lowest BCUT2D eigenvalue weighted by atomic mass is 10.0. The molecule has 0 nitrogen and oxygen atoms in total. The first-order chi connectivity index (χ1) is 7.53. The van der Waals surface area contributed by atoms with Gasteiger partial charge in [-0.25, -0.2) is 8.78 Å². The van der Waals surface area contributed by atoms with Gasteiger partial charge in [-0.3, -0.25) is 0 Å². The van der Waals surface area contributed by atoms with E-state index >= 15 is 0 Å². The Labute approximate surface area is 89.9 Å². The number of benzene rings is 1. The highest BCUT2D eigenvalue weighted by molar-refractivity contribution is 5.36. The van der Waals surface area contributed by atoms with Gasteiger partial charge in [0.2, 0.25) is 0 Å². The molecule has 96 valence electrons. The van der Waals surface area contributed by atoms with Crippen molar-refractivity contribution in [1.29, 1.82) is 0 Å². The fraction of sp³-hybridized carbons (Fsp3) is 0.333. The summed E-state index contributed by atoms with van der Waals surface area (Å²) in [6.45, 7) is 0. The van der Waals surface area contributed by atoms with E-state index in [1.165, 1.54) is 0 Å². The quantitative estimate of drug-likeness (QED) is 0.647. The van der Waals surface area contributed by atoms with Crippen LogP contribution in [0.3, 0.4) is 0 Å². The Hall–Kier alpha value is -1.34. The molecule has 0 unspecified atom stereocenters. The molecule has 0 N–H and O–H groups in total. The lowest BCUT2D eigenvalue weighted by Crippen LogP contribution is -2.13. The molecule has 0 bridgehead atoms. The van der Waals surface area contributed by atoms with Crippen LogP contribution in [0.4, 0.5) is 35.1 Å². The maximum atomic E-state index is 12.3. The van der Waals surface area contributed by atoms with Crippen LogP contribution in [0.1, 0.15) is 23.1 Å². The van der Waals surface area contributed by atoms with E-state index in [9.17, 15) is 35.1 Å². The van der Waals surface area contributed by atoms with Crippen LogP contribution in [-0.4, -0.2) is 0 Å². The topological polar surface area (TPSA) is 0 Å². The minimum absolute atomic E-state index is 0.135. The van der Waals surface area contributed by atoms with Gasteiger partial charge in [0.05, 0.1) is 11.1 Å². The summed E-state index contributed by atoms with van der Waals surface area (Å²) in [7, 11) is 0. The van der Waals surface area contributed by atoms with E-state index in [4.69, 9.17) is 0 Å². The monoisotopic (exact) mass is 264 g/mol. The van der Waals surface area contributed by atoms with Gasteiger partial charge in [-0.1, -0.05) is 6.07 Å². The smallest absolute Gasteiger partial charge is 0.205 e. The van der Waals surface area contributed by atoms with Crippen LogP contribution in [0.5, 0.6) is 0 Å². The predicted octanol–water partition coefficient (Wildman–Crippen LogP) is 4.66. The second-order valence-electron chi connectivity index (χ2n) is 3.10. The van der Waals surface area contributed by atoms with Gasteiger partial charge in [0.15, 0.2) is 0 Å². The van der Waals surface area contributed by atoms with Crippen LogP contribution >= 0.6 is 0 Å². The average molecular weight is 264 g/mol. The number of rotatable bonds is 1. The first-order valence-corrected chi connectivity index (χ1v) is 4.10. The minimum Gasteiger partial charge on any atom is -0.205 e. The van der Waals surface area contributed by atoms with E-state index < -0.39 is 35.5 Å². The summed E-state index contributed by atoms with van der Waals surface area (Å²) in [5.74, 6) is 0. The van der Waals surface area contributed by atoms with Crippen molar-refractivity contribution >= 4 is 0 Å². The van der Waals surface area contributed by atoms with Crippen molar-refractivity contribution in [3.05, 3.63) is 34.9 Å². The fourth-order valence-corrected chi connectivity index (χ4v) is 1.17. The van der Waals surface area contributed by atoms with Crippen molar-refractivity contribution in [1.82, 2.24) is 0 Å². The zero-order valence-electron chi connectivity index (χ0n) is 7.83. The highest BCUT2D eigenvalue weighted by atomic mass is 19.4. The Balaban J connectivity index is 3.41. The SMILES string of the molecule is FC(F)c1ccc(C(F)(F)F)cc1C(F)(F)F. The highest BCUT2D eigenvalue weighted by Gasteiger charge is 2.39. The van der Waals surface area contributed by atoms with Crippen molar-refractivity contribution in [3.8, 4) is 0 Å². The van der Waals surface area contributed by atoms with Crippen LogP contribution in [0.25, 0.3) is 0 Å². The molecule has 0 amide bonds. The fourth-order valence-electron chi connectivity index (χ4n) is 1.17. The van der Waals surface area contributed by atoms with Gasteiger partial charge < -0.3 is 0 Å². The van der Waals surface area contributed by atoms with Crippen molar-refractivity contribution in [3.63, 3.8) is 0 Å². The van der Waals surface area contributed by atoms with E-state index in [1.807, 2.05) is 0 Å². The van der Waals surface area contributed by atoms with Gasteiger partial charge in [-0.05, 0) is 12.1 Å². The summed E-state index contributed by atoms with van der Waals surface area (Å²) in [5.41, 5.74) is -5.05. The molecule has 8 heteroatoms. The lowest BCUT2D eigenvalue weighted by Gasteiger charge is -2.15. The first-order valence-electron chi connectivity index (χ1n) is 4.10.